The van der Waals surface area contributed by atoms with E-state index in [4.69, 9.17) is 37.4 Å². The van der Waals surface area contributed by atoms with Crippen LogP contribution in [0, 0.1) is 18.3 Å². The number of benzene rings is 3. The van der Waals surface area contributed by atoms with Gasteiger partial charge in [-0.2, -0.15) is 5.26 Å². The molecule has 3 aromatic carbocycles. The van der Waals surface area contributed by atoms with Gasteiger partial charge in [0.1, 0.15) is 36.5 Å². The van der Waals surface area contributed by atoms with Gasteiger partial charge in [-0.15, -0.1) is 0 Å². The lowest BCUT2D eigenvalue weighted by molar-refractivity contribution is 0.173. The quantitative estimate of drug-likeness (QED) is 0.136. The lowest BCUT2D eigenvalue weighted by Gasteiger charge is -2.20. The summed E-state index contributed by atoms with van der Waals surface area (Å²) in [5, 5.41) is 30.2. The van der Waals surface area contributed by atoms with Gasteiger partial charge in [0.25, 0.3) is 0 Å². The van der Waals surface area contributed by atoms with Gasteiger partial charge in [0, 0.05) is 74.4 Å². The van der Waals surface area contributed by atoms with Gasteiger partial charge >= 0.3 is 0 Å². The van der Waals surface area contributed by atoms with Crippen molar-refractivity contribution in [3.63, 3.8) is 0 Å². The molecule has 262 valence electrons. The van der Waals surface area contributed by atoms with E-state index >= 15 is 0 Å². The highest BCUT2D eigenvalue weighted by atomic mass is 35.5. The fourth-order valence-corrected chi connectivity index (χ4v) is 7.06. The van der Waals surface area contributed by atoms with Gasteiger partial charge in [-0.05, 0) is 61.1 Å². The molecule has 2 atom stereocenters. The Morgan fingerprint density at radius 3 is 2.34 bits per heavy atom. The van der Waals surface area contributed by atoms with Gasteiger partial charge < -0.3 is 29.3 Å². The number of halogens is 2. The van der Waals surface area contributed by atoms with Crippen LogP contribution >= 0.6 is 23.2 Å². The maximum Gasteiger partial charge on any atom is 0.142 e. The standard InChI is InChI=1S/C39H42Cl2N4O5/c1-26-29(5-2-6-33(26)34-7-3-8-36(39(34)41)48-14-4-11-44-12-9-31(46)22-44)25-50-38-17-37(49-24-28-15-27(18-42)19-43-20-28)30(16-35(38)40)21-45-13-10-32(47)23-45/h2-3,5-8,15-17,19-20,31-32,46-47H,4,9-14,21-25H2,1H3/t31-,32-/m1/s1. The first kappa shape index (κ1) is 35.9. The number of nitrogens with zero attached hydrogens (tertiary/aromatic N) is 4. The molecular formula is C39H42Cl2N4O5. The number of ether oxygens (including phenoxy) is 3. The number of rotatable bonds is 14. The lowest BCUT2D eigenvalue weighted by Crippen LogP contribution is -2.24. The van der Waals surface area contributed by atoms with Crippen molar-refractivity contribution in [1.82, 2.24) is 14.8 Å². The van der Waals surface area contributed by atoms with Gasteiger partial charge in [-0.25, -0.2) is 0 Å². The normalized spacial score (nSPS) is 17.9. The smallest absolute Gasteiger partial charge is 0.142 e. The van der Waals surface area contributed by atoms with Crippen LogP contribution in [0.4, 0.5) is 0 Å². The molecule has 0 amide bonds. The summed E-state index contributed by atoms with van der Waals surface area (Å²) in [6.07, 6.45) is 5.03. The number of β-amino-alcohol motifs (C(OH)–C–C–N with tert-alkyl or cyclic N) is 2. The molecule has 0 bridgehead atoms. The molecule has 3 heterocycles. The van der Waals surface area contributed by atoms with Crippen molar-refractivity contribution in [2.45, 2.75) is 58.2 Å². The first-order valence-electron chi connectivity index (χ1n) is 17.0. The van der Waals surface area contributed by atoms with Crippen LogP contribution in [-0.4, -0.2) is 76.5 Å². The number of hydrogen-bond acceptors (Lipinski definition) is 9. The largest absolute Gasteiger partial charge is 0.492 e. The predicted molar refractivity (Wildman–Crippen MR) is 194 cm³/mol. The van der Waals surface area contributed by atoms with Gasteiger partial charge in [0.2, 0.25) is 0 Å². The lowest BCUT2D eigenvalue weighted by atomic mass is 9.96. The molecule has 50 heavy (non-hydrogen) atoms. The molecule has 9 nitrogen and oxygen atoms in total. The molecule has 2 fully saturated rings. The first-order chi connectivity index (χ1) is 24.3. The molecule has 0 radical (unpaired) electrons. The van der Waals surface area contributed by atoms with Crippen LogP contribution in [0.25, 0.3) is 11.1 Å². The van der Waals surface area contributed by atoms with E-state index in [1.165, 1.54) is 6.20 Å². The number of pyridine rings is 1. The fourth-order valence-electron chi connectivity index (χ4n) is 6.53. The number of likely N-dealkylation sites (tertiary alicyclic amines) is 2. The van der Waals surface area contributed by atoms with Gasteiger partial charge in [-0.1, -0.05) is 53.5 Å². The number of aliphatic hydroxyl groups is 2. The highest BCUT2D eigenvalue weighted by Gasteiger charge is 2.23. The zero-order chi connectivity index (χ0) is 35.0. The Morgan fingerprint density at radius 1 is 0.840 bits per heavy atom. The minimum atomic E-state index is -0.345. The Morgan fingerprint density at radius 2 is 1.58 bits per heavy atom. The zero-order valence-electron chi connectivity index (χ0n) is 28.2. The third kappa shape index (κ3) is 9.07. The summed E-state index contributed by atoms with van der Waals surface area (Å²) in [5.74, 6) is 1.74. The molecule has 0 unspecified atom stereocenters. The third-order valence-electron chi connectivity index (χ3n) is 9.28. The molecule has 2 N–H and O–H groups in total. The summed E-state index contributed by atoms with van der Waals surface area (Å²) in [7, 11) is 0. The van der Waals surface area contributed by atoms with Crippen LogP contribution in [0.3, 0.4) is 0 Å². The summed E-state index contributed by atoms with van der Waals surface area (Å²) in [6.45, 7) is 7.53. The molecular weight excluding hydrogens is 675 g/mol. The number of aromatic nitrogens is 1. The second-order valence-corrected chi connectivity index (χ2v) is 13.8. The molecule has 1 aromatic heterocycles. The molecule has 2 aliphatic rings. The van der Waals surface area contributed by atoms with Gasteiger partial charge in [0.15, 0.2) is 0 Å². The summed E-state index contributed by atoms with van der Waals surface area (Å²) in [5.41, 5.74) is 5.99. The second kappa shape index (κ2) is 16.9. The monoisotopic (exact) mass is 716 g/mol. The summed E-state index contributed by atoms with van der Waals surface area (Å²) in [6, 6.07) is 19.4. The van der Waals surface area contributed by atoms with Gasteiger partial charge in [-0.3, -0.25) is 9.88 Å². The predicted octanol–water partition coefficient (Wildman–Crippen LogP) is 6.80. The SMILES string of the molecule is Cc1c(COc2cc(OCc3cncc(C#N)c3)c(CN3CC[C@@H](O)C3)cc2Cl)cccc1-c1cccc(OCCCN2CC[C@@H](O)C2)c1Cl. The van der Waals surface area contributed by atoms with Crippen LogP contribution in [0.15, 0.2) is 67.0 Å². The first-order valence-corrected chi connectivity index (χ1v) is 17.8. The van der Waals surface area contributed by atoms with Crippen molar-refractivity contribution in [3.8, 4) is 34.4 Å². The van der Waals surface area contributed by atoms with Crippen molar-refractivity contribution in [2.75, 3.05) is 39.3 Å². The maximum absolute atomic E-state index is 10.1. The van der Waals surface area contributed by atoms with Crippen molar-refractivity contribution >= 4 is 23.2 Å². The Labute approximate surface area is 303 Å². The minimum Gasteiger partial charge on any atom is -0.492 e. The highest BCUT2D eigenvalue weighted by molar-refractivity contribution is 6.35. The summed E-state index contributed by atoms with van der Waals surface area (Å²) < 4.78 is 18.7. The minimum absolute atomic E-state index is 0.215. The van der Waals surface area contributed by atoms with E-state index in [-0.39, 0.29) is 25.4 Å². The maximum atomic E-state index is 10.1. The third-order valence-corrected chi connectivity index (χ3v) is 9.97. The number of aliphatic hydroxyl groups excluding tert-OH is 2. The molecule has 0 saturated carbocycles. The molecule has 0 spiro atoms. The van der Waals surface area contributed by atoms with Crippen molar-refractivity contribution in [2.24, 2.45) is 0 Å². The van der Waals surface area contributed by atoms with Crippen LogP contribution in [-0.2, 0) is 19.8 Å². The van der Waals surface area contributed by atoms with Crippen LogP contribution in [0.5, 0.6) is 17.2 Å². The van der Waals surface area contributed by atoms with Crippen LogP contribution in [0.2, 0.25) is 10.0 Å². The Bertz CT molecular complexity index is 1830. The van der Waals surface area contributed by atoms with E-state index < -0.39 is 0 Å². The van der Waals surface area contributed by atoms with E-state index in [0.29, 0.717) is 52.6 Å². The average molecular weight is 718 g/mol. The average Bonchev–Trinajstić information content (AvgIpc) is 3.73. The van der Waals surface area contributed by atoms with E-state index in [2.05, 4.69) is 27.8 Å². The van der Waals surface area contributed by atoms with Crippen molar-refractivity contribution < 1.29 is 24.4 Å². The highest BCUT2D eigenvalue weighted by Crippen LogP contribution is 2.39. The van der Waals surface area contributed by atoms with E-state index in [1.807, 2.05) is 48.5 Å². The Balaban J connectivity index is 1.16. The molecule has 4 aromatic rings. The van der Waals surface area contributed by atoms with E-state index in [0.717, 1.165) is 78.8 Å². The fraction of sp³-hybridized carbons (Fsp3) is 0.385. The molecule has 11 heteroatoms. The zero-order valence-corrected chi connectivity index (χ0v) is 29.7. The molecule has 2 aliphatic heterocycles. The topological polar surface area (TPSA) is 111 Å². The van der Waals surface area contributed by atoms with E-state index in [9.17, 15) is 15.5 Å². The van der Waals surface area contributed by atoms with Crippen LogP contribution in [0.1, 0.15) is 47.1 Å². The van der Waals surface area contributed by atoms with Crippen molar-refractivity contribution in [1.29, 1.82) is 5.26 Å². The Hall–Kier alpha value is -3.88. The molecule has 6 rings (SSSR count). The summed E-state index contributed by atoms with van der Waals surface area (Å²) in [4.78, 5) is 8.57. The van der Waals surface area contributed by atoms with Crippen molar-refractivity contribution in [3.05, 3.63) is 105 Å². The molecule has 2 saturated heterocycles. The van der Waals surface area contributed by atoms with Gasteiger partial charge in [0.05, 0.1) is 34.4 Å². The molecule has 0 aliphatic carbocycles. The number of nitriles is 1. The number of hydrogen-bond donors (Lipinski definition) is 2. The van der Waals surface area contributed by atoms with E-state index in [1.54, 1.807) is 12.3 Å². The Kier molecular flexibility index (Phi) is 12.1. The second-order valence-electron chi connectivity index (χ2n) is 13.0. The van der Waals surface area contributed by atoms with Crippen LogP contribution < -0.4 is 14.2 Å². The summed E-state index contributed by atoms with van der Waals surface area (Å²) >= 11 is 13.7.